The van der Waals surface area contributed by atoms with Crippen molar-refractivity contribution in [1.29, 1.82) is 0 Å². The molecule has 0 fully saturated rings. The summed E-state index contributed by atoms with van der Waals surface area (Å²) in [5.74, 6) is -0.748. The van der Waals surface area contributed by atoms with Crippen LogP contribution in [0.2, 0.25) is 0 Å². The van der Waals surface area contributed by atoms with Gasteiger partial charge in [0.05, 0.1) is 22.4 Å². The van der Waals surface area contributed by atoms with E-state index in [4.69, 9.17) is 17.0 Å². The molecule has 9 nitrogen and oxygen atoms in total. The van der Waals surface area contributed by atoms with E-state index in [1.165, 1.54) is 19.2 Å². The quantitative estimate of drug-likeness (QED) is 0.346. The second kappa shape index (κ2) is 11.5. The highest BCUT2D eigenvalue weighted by Gasteiger charge is 2.27. The Morgan fingerprint density at radius 2 is 1.70 bits per heavy atom. The first-order valence-electron chi connectivity index (χ1n) is 10.3. The molecule has 1 heterocycles. The zero-order valence-electron chi connectivity index (χ0n) is 19.1. The predicted molar refractivity (Wildman–Crippen MR) is 135 cm³/mol. The maximum absolute atomic E-state index is 12.9. The zero-order valence-corrected chi connectivity index (χ0v) is 21.6. The lowest BCUT2D eigenvalue weighted by molar-refractivity contribution is 0.0601. The van der Waals surface area contributed by atoms with Crippen molar-refractivity contribution in [2.75, 3.05) is 37.4 Å². The first kappa shape index (κ1) is 26.7. The van der Waals surface area contributed by atoms with Crippen LogP contribution in [0.1, 0.15) is 46.4 Å². The van der Waals surface area contributed by atoms with Crippen LogP contribution >= 0.6 is 23.6 Å². The molecule has 0 atom stereocenters. The molecule has 0 saturated carbocycles. The Hall–Kier alpha value is -2.54. The van der Waals surface area contributed by atoms with Crippen molar-refractivity contribution in [3.05, 3.63) is 40.3 Å². The molecule has 1 aromatic carbocycles. The minimum atomic E-state index is -3.56. The Kier molecular flexibility index (Phi) is 9.35. The summed E-state index contributed by atoms with van der Waals surface area (Å²) in [6, 6.07) is 6.07. The summed E-state index contributed by atoms with van der Waals surface area (Å²) in [6.07, 6.45) is 0. The number of rotatable bonds is 9. The Bertz CT molecular complexity index is 1120. The van der Waals surface area contributed by atoms with E-state index in [0.717, 1.165) is 11.3 Å². The number of amides is 1. The molecule has 0 spiro atoms. The molecule has 0 aliphatic heterocycles. The van der Waals surface area contributed by atoms with Gasteiger partial charge in [0.25, 0.3) is 5.91 Å². The van der Waals surface area contributed by atoms with Crippen molar-refractivity contribution in [1.82, 2.24) is 9.62 Å². The molecular weight excluding hydrogens is 484 g/mol. The van der Waals surface area contributed by atoms with Crippen LogP contribution in [-0.4, -0.2) is 57.1 Å². The number of hydrogen-bond acceptors (Lipinski definition) is 7. The molecular formula is C21H28N4O5S3. The fourth-order valence-electron chi connectivity index (χ4n) is 3.06. The van der Waals surface area contributed by atoms with E-state index in [2.05, 4.69) is 15.4 Å². The van der Waals surface area contributed by atoms with Gasteiger partial charge in [0.2, 0.25) is 10.0 Å². The van der Waals surface area contributed by atoms with Crippen molar-refractivity contribution in [3.63, 3.8) is 0 Å². The maximum atomic E-state index is 12.9. The van der Waals surface area contributed by atoms with Gasteiger partial charge < -0.3 is 20.3 Å². The maximum Gasteiger partial charge on any atom is 0.341 e. The first-order valence-corrected chi connectivity index (χ1v) is 13.0. The normalized spacial score (nSPS) is 11.1. The van der Waals surface area contributed by atoms with Gasteiger partial charge in [0.1, 0.15) is 5.00 Å². The zero-order chi connectivity index (χ0) is 24.8. The minimum Gasteiger partial charge on any atom is -0.465 e. The topological polar surface area (TPSA) is 117 Å². The molecule has 0 bridgehead atoms. The third-order valence-corrected chi connectivity index (χ3v) is 7.73. The molecule has 1 aromatic heterocycles. The highest BCUT2D eigenvalue weighted by molar-refractivity contribution is 7.89. The SMILES string of the molecule is CCNS(=O)(=O)c1ccc(NC(=S)Nc2sc(C(=O)N(CC)CC)c(C)c2C(=O)OC)cc1. The fourth-order valence-corrected chi connectivity index (χ4v) is 5.56. The second-order valence-corrected chi connectivity index (χ2v) is 10.0. The van der Waals surface area contributed by atoms with Gasteiger partial charge in [-0.1, -0.05) is 6.92 Å². The summed E-state index contributed by atoms with van der Waals surface area (Å²) in [6.45, 7) is 8.55. The van der Waals surface area contributed by atoms with E-state index in [9.17, 15) is 18.0 Å². The number of methoxy groups -OCH3 is 1. The van der Waals surface area contributed by atoms with E-state index in [1.54, 1.807) is 30.9 Å². The molecule has 3 N–H and O–H groups in total. The Balaban J connectivity index is 2.27. The first-order chi connectivity index (χ1) is 15.6. The number of sulfonamides is 1. The summed E-state index contributed by atoms with van der Waals surface area (Å²) in [5, 5.41) is 6.48. The van der Waals surface area contributed by atoms with Gasteiger partial charge >= 0.3 is 5.97 Å². The number of thiophene rings is 1. The molecule has 33 heavy (non-hydrogen) atoms. The number of ether oxygens (including phenoxy) is 1. The van der Waals surface area contributed by atoms with Crippen LogP contribution < -0.4 is 15.4 Å². The highest BCUT2D eigenvalue weighted by Crippen LogP contribution is 2.34. The Labute approximate surface area is 203 Å². The Morgan fingerprint density at radius 1 is 1.09 bits per heavy atom. The molecule has 12 heteroatoms. The monoisotopic (exact) mass is 512 g/mol. The molecule has 0 unspecified atom stereocenters. The summed E-state index contributed by atoms with van der Waals surface area (Å²) in [7, 11) is -2.28. The van der Waals surface area contributed by atoms with E-state index in [-0.39, 0.29) is 28.0 Å². The third-order valence-electron chi connectivity index (χ3n) is 4.77. The number of nitrogens with zero attached hydrogens (tertiary/aromatic N) is 1. The predicted octanol–water partition coefficient (Wildman–Crippen LogP) is 3.43. The van der Waals surface area contributed by atoms with Gasteiger partial charge in [-0.2, -0.15) is 0 Å². The van der Waals surface area contributed by atoms with Gasteiger partial charge in [0, 0.05) is 25.3 Å². The van der Waals surface area contributed by atoms with Gasteiger partial charge in [-0.05, 0) is 62.8 Å². The van der Waals surface area contributed by atoms with Gasteiger partial charge in [-0.25, -0.2) is 17.9 Å². The molecule has 0 saturated heterocycles. The summed E-state index contributed by atoms with van der Waals surface area (Å²) < 4.78 is 31.5. The van der Waals surface area contributed by atoms with Crippen LogP contribution in [0.15, 0.2) is 29.2 Å². The third kappa shape index (κ3) is 6.28. The Morgan fingerprint density at radius 3 is 2.21 bits per heavy atom. The number of benzene rings is 1. The minimum absolute atomic E-state index is 0.134. The van der Waals surface area contributed by atoms with Crippen LogP contribution in [0.3, 0.4) is 0 Å². The van der Waals surface area contributed by atoms with E-state index >= 15 is 0 Å². The number of anilines is 2. The largest absolute Gasteiger partial charge is 0.465 e. The van der Waals surface area contributed by atoms with Gasteiger partial charge in [-0.15, -0.1) is 11.3 Å². The van der Waals surface area contributed by atoms with E-state index in [0.29, 0.717) is 34.2 Å². The number of hydrogen-bond donors (Lipinski definition) is 3. The van der Waals surface area contributed by atoms with E-state index in [1.807, 2.05) is 13.8 Å². The van der Waals surface area contributed by atoms with Crippen LogP contribution in [0.5, 0.6) is 0 Å². The van der Waals surface area contributed by atoms with Crippen molar-refractivity contribution < 1.29 is 22.7 Å². The van der Waals surface area contributed by atoms with Crippen LogP contribution in [-0.2, 0) is 14.8 Å². The van der Waals surface area contributed by atoms with Crippen molar-refractivity contribution >= 4 is 61.3 Å². The number of carbonyl (C=O) groups excluding carboxylic acids is 2. The smallest absolute Gasteiger partial charge is 0.341 e. The standard InChI is InChI=1S/C21H28N4O5S3/c1-6-22-33(28,29)15-11-9-14(10-12-15)23-21(31)24-18-16(20(27)30-5)13(4)17(32-18)19(26)25(7-2)8-3/h9-12,22H,6-8H2,1-5H3,(H2,23,24,31). The van der Waals surface area contributed by atoms with E-state index < -0.39 is 16.0 Å². The number of esters is 1. The lowest BCUT2D eigenvalue weighted by atomic mass is 10.1. The fraction of sp³-hybridized carbons (Fsp3) is 0.381. The lowest BCUT2D eigenvalue weighted by Crippen LogP contribution is -2.30. The summed E-state index contributed by atoms with van der Waals surface area (Å²) >= 11 is 6.50. The molecule has 0 aliphatic rings. The van der Waals surface area contributed by atoms with Crippen molar-refractivity contribution in [2.24, 2.45) is 0 Å². The van der Waals surface area contributed by atoms with Gasteiger partial charge in [-0.3, -0.25) is 4.79 Å². The molecule has 180 valence electrons. The molecule has 1 amide bonds. The van der Waals surface area contributed by atoms with Crippen LogP contribution in [0, 0.1) is 6.92 Å². The lowest BCUT2D eigenvalue weighted by Gasteiger charge is -2.17. The number of thiocarbonyl (C=S) groups is 1. The molecule has 2 aromatic rings. The van der Waals surface area contributed by atoms with Crippen LogP contribution in [0.25, 0.3) is 0 Å². The molecule has 0 aliphatic carbocycles. The average molecular weight is 513 g/mol. The molecule has 0 radical (unpaired) electrons. The second-order valence-electron chi connectivity index (χ2n) is 6.83. The molecule has 2 rings (SSSR count). The van der Waals surface area contributed by atoms with Crippen LogP contribution in [0.4, 0.5) is 10.7 Å². The van der Waals surface area contributed by atoms with Crippen molar-refractivity contribution in [3.8, 4) is 0 Å². The number of nitrogens with one attached hydrogen (secondary N) is 3. The van der Waals surface area contributed by atoms with Gasteiger partial charge in [0.15, 0.2) is 5.11 Å². The number of carbonyl (C=O) groups is 2. The van der Waals surface area contributed by atoms with Crippen molar-refractivity contribution in [2.45, 2.75) is 32.6 Å². The summed E-state index contributed by atoms with van der Waals surface area (Å²) in [4.78, 5) is 27.5. The summed E-state index contributed by atoms with van der Waals surface area (Å²) in [5.41, 5.74) is 1.32. The highest BCUT2D eigenvalue weighted by atomic mass is 32.2. The average Bonchev–Trinajstić information content (AvgIpc) is 3.09.